The largest absolute Gasteiger partial charge is 0.369 e. The van der Waals surface area contributed by atoms with Gasteiger partial charge >= 0.3 is 0 Å². The number of guanidine groups is 1. The Kier molecular flexibility index (Phi) is 3.29. The zero-order valence-corrected chi connectivity index (χ0v) is 10.9. The predicted octanol–water partition coefficient (Wildman–Crippen LogP) is 2.98. The number of rotatable bonds is 2. The van der Waals surface area contributed by atoms with Crippen molar-refractivity contribution in [2.24, 2.45) is 10.7 Å². The summed E-state index contributed by atoms with van der Waals surface area (Å²) in [5, 5.41) is 0. The maximum Gasteiger partial charge on any atom is 0.196 e. The highest BCUT2D eigenvalue weighted by molar-refractivity contribution is 5.97. The van der Waals surface area contributed by atoms with Crippen molar-refractivity contribution in [3.63, 3.8) is 0 Å². The summed E-state index contributed by atoms with van der Waals surface area (Å²) in [4.78, 5) is 5.65. The summed E-state index contributed by atoms with van der Waals surface area (Å²) in [5.74, 6) is -2.03. The Labute approximate surface area is 119 Å². The van der Waals surface area contributed by atoms with Crippen molar-refractivity contribution in [1.82, 2.24) is 0 Å². The molecule has 0 bridgehead atoms. The van der Waals surface area contributed by atoms with Crippen LogP contribution in [0.1, 0.15) is 11.6 Å². The van der Waals surface area contributed by atoms with Crippen LogP contribution in [-0.4, -0.2) is 12.5 Å². The molecule has 2 aromatic rings. The lowest BCUT2D eigenvalue weighted by atomic mass is 10.0. The summed E-state index contributed by atoms with van der Waals surface area (Å²) in [6.45, 7) is 0.212. The summed E-state index contributed by atoms with van der Waals surface area (Å²) in [6.07, 6.45) is 0. The van der Waals surface area contributed by atoms with Crippen LogP contribution in [0, 0.1) is 17.5 Å². The lowest BCUT2D eigenvalue weighted by molar-refractivity contribution is 0.491. The van der Waals surface area contributed by atoms with E-state index >= 15 is 0 Å². The molecular formula is C15H12F3N3. The molecular weight excluding hydrogens is 279 g/mol. The van der Waals surface area contributed by atoms with Crippen LogP contribution in [0.3, 0.4) is 0 Å². The first-order valence-electron chi connectivity index (χ1n) is 6.36. The Balaban J connectivity index is 2.03. The molecule has 1 unspecified atom stereocenters. The lowest BCUT2D eigenvalue weighted by Gasteiger charge is -2.27. The summed E-state index contributed by atoms with van der Waals surface area (Å²) in [6, 6.07) is 9.03. The summed E-state index contributed by atoms with van der Waals surface area (Å²) >= 11 is 0. The molecule has 108 valence electrons. The molecule has 1 aliphatic rings. The maximum absolute atomic E-state index is 14.0. The summed E-state index contributed by atoms with van der Waals surface area (Å²) < 4.78 is 40.4. The number of hydrogen-bond acceptors (Lipinski definition) is 3. The Bertz CT molecular complexity index is 698. The number of nitrogens with zero attached hydrogens (tertiary/aromatic N) is 2. The van der Waals surface area contributed by atoms with E-state index in [1.807, 2.05) is 0 Å². The second kappa shape index (κ2) is 5.12. The number of hydrogen-bond donors (Lipinski definition) is 1. The molecule has 0 amide bonds. The van der Waals surface area contributed by atoms with Gasteiger partial charge in [-0.2, -0.15) is 0 Å². The maximum atomic E-state index is 14.0. The minimum Gasteiger partial charge on any atom is -0.369 e. The van der Waals surface area contributed by atoms with Gasteiger partial charge in [0.1, 0.15) is 5.82 Å². The van der Waals surface area contributed by atoms with Crippen LogP contribution in [-0.2, 0) is 0 Å². The zero-order valence-electron chi connectivity index (χ0n) is 10.9. The van der Waals surface area contributed by atoms with Crippen molar-refractivity contribution in [3.8, 4) is 0 Å². The second-order valence-corrected chi connectivity index (χ2v) is 4.70. The normalized spacial score (nSPS) is 18.0. The fourth-order valence-electron chi connectivity index (χ4n) is 2.43. The number of aliphatic imine (C=N–C) groups is 1. The molecule has 0 saturated heterocycles. The van der Waals surface area contributed by atoms with Crippen LogP contribution >= 0.6 is 0 Å². The van der Waals surface area contributed by atoms with Gasteiger partial charge in [-0.25, -0.2) is 13.2 Å². The molecule has 0 aliphatic carbocycles. The number of halogens is 3. The van der Waals surface area contributed by atoms with Gasteiger partial charge in [0, 0.05) is 11.3 Å². The smallest absolute Gasteiger partial charge is 0.196 e. The summed E-state index contributed by atoms with van der Waals surface area (Å²) in [7, 11) is 0. The molecule has 0 spiro atoms. The van der Waals surface area contributed by atoms with Crippen molar-refractivity contribution in [1.29, 1.82) is 0 Å². The number of nitrogens with two attached hydrogens (primary N) is 1. The molecule has 0 radical (unpaired) electrons. The first kappa shape index (κ1) is 13.5. The molecule has 0 saturated carbocycles. The summed E-state index contributed by atoms with van der Waals surface area (Å²) in [5.41, 5.74) is 6.57. The van der Waals surface area contributed by atoms with E-state index in [0.717, 1.165) is 6.07 Å². The van der Waals surface area contributed by atoms with Gasteiger partial charge in [-0.05, 0) is 30.3 Å². The average Bonchev–Trinajstić information content (AvgIpc) is 2.85. The van der Waals surface area contributed by atoms with E-state index in [0.29, 0.717) is 5.69 Å². The average molecular weight is 291 g/mol. The van der Waals surface area contributed by atoms with Gasteiger partial charge in [-0.15, -0.1) is 0 Å². The van der Waals surface area contributed by atoms with Gasteiger partial charge < -0.3 is 10.6 Å². The standard InChI is InChI=1S/C15H12F3N3/c16-9-4-6-10(7-5-9)21-13(8-20-15(21)19)11-2-1-3-12(17)14(11)18/h1-7,13H,8H2,(H2,19,20). The quantitative estimate of drug-likeness (QED) is 0.924. The van der Waals surface area contributed by atoms with Crippen molar-refractivity contribution >= 4 is 11.6 Å². The monoisotopic (exact) mass is 291 g/mol. The van der Waals surface area contributed by atoms with Gasteiger partial charge in [-0.3, -0.25) is 4.99 Å². The minimum atomic E-state index is -0.919. The van der Waals surface area contributed by atoms with Gasteiger partial charge in [0.15, 0.2) is 17.6 Å². The van der Waals surface area contributed by atoms with Crippen molar-refractivity contribution in [2.75, 3.05) is 11.4 Å². The number of benzene rings is 2. The van der Waals surface area contributed by atoms with Crippen LogP contribution in [0.25, 0.3) is 0 Å². The predicted molar refractivity (Wildman–Crippen MR) is 74.5 cm³/mol. The molecule has 6 heteroatoms. The van der Waals surface area contributed by atoms with E-state index in [9.17, 15) is 13.2 Å². The van der Waals surface area contributed by atoms with Crippen LogP contribution in [0.4, 0.5) is 18.9 Å². The first-order valence-corrected chi connectivity index (χ1v) is 6.36. The van der Waals surface area contributed by atoms with Crippen LogP contribution in [0.15, 0.2) is 47.5 Å². The molecule has 3 rings (SSSR count). The molecule has 1 atom stereocenters. The van der Waals surface area contributed by atoms with Crippen LogP contribution in [0.5, 0.6) is 0 Å². The zero-order chi connectivity index (χ0) is 15.0. The third-order valence-corrected chi connectivity index (χ3v) is 3.43. The molecule has 2 aromatic carbocycles. The van der Waals surface area contributed by atoms with Crippen LogP contribution in [0.2, 0.25) is 0 Å². The Hall–Kier alpha value is -2.50. The SMILES string of the molecule is NC1=NCC(c2cccc(F)c2F)N1c1ccc(F)cc1. The van der Waals surface area contributed by atoms with Crippen molar-refractivity contribution in [2.45, 2.75) is 6.04 Å². The molecule has 2 N–H and O–H groups in total. The molecule has 0 aromatic heterocycles. The van der Waals surface area contributed by atoms with E-state index in [-0.39, 0.29) is 23.9 Å². The Morgan fingerprint density at radius 3 is 2.48 bits per heavy atom. The molecule has 3 nitrogen and oxygen atoms in total. The Morgan fingerprint density at radius 1 is 1.05 bits per heavy atom. The van der Waals surface area contributed by atoms with Gasteiger partial charge in [0.2, 0.25) is 0 Å². The van der Waals surface area contributed by atoms with Gasteiger partial charge in [0.25, 0.3) is 0 Å². The topological polar surface area (TPSA) is 41.6 Å². The molecule has 0 fully saturated rings. The minimum absolute atomic E-state index is 0.170. The van der Waals surface area contributed by atoms with E-state index < -0.39 is 17.7 Å². The molecule has 21 heavy (non-hydrogen) atoms. The first-order chi connectivity index (χ1) is 10.1. The highest BCUT2D eigenvalue weighted by Crippen LogP contribution is 2.32. The van der Waals surface area contributed by atoms with Crippen LogP contribution < -0.4 is 10.6 Å². The molecule has 1 aliphatic heterocycles. The fourth-order valence-corrected chi connectivity index (χ4v) is 2.43. The van der Waals surface area contributed by atoms with Crippen molar-refractivity contribution < 1.29 is 13.2 Å². The van der Waals surface area contributed by atoms with Crippen molar-refractivity contribution in [3.05, 3.63) is 65.5 Å². The van der Waals surface area contributed by atoms with E-state index in [1.54, 1.807) is 4.90 Å². The molecule has 1 heterocycles. The fraction of sp³-hybridized carbons (Fsp3) is 0.133. The van der Waals surface area contributed by atoms with E-state index in [4.69, 9.17) is 5.73 Å². The van der Waals surface area contributed by atoms with E-state index in [1.165, 1.54) is 36.4 Å². The lowest BCUT2D eigenvalue weighted by Crippen LogP contribution is -2.36. The second-order valence-electron chi connectivity index (χ2n) is 4.70. The van der Waals surface area contributed by atoms with Gasteiger partial charge in [-0.1, -0.05) is 12.1 Å². The third-order valence-electron chi connectivity index (χ3n) is 3.43. The highest BCUT2D eigenvalue weighted by Gasteiger charge is 2.31. The van der Waals surface area contributed by atoms with Gasteiger partial charge in [0.05, 0.1) is 12.6 Å². The Morgan fingerprint density at radius 2 is 1.76 bits per heavy atom. The van der Waals surface area contributed by atoms with E-state index in [2.05, 4.69) is 4.99 Å². The highest BCUT2D eigenvalue weighted by atomic mass is 19.2. The number of anilines is 1. The third kappa shape index (κ3) is 2.33.